The number of rotatable bonds is 48. The van der Waals surface area contributed by atoms with Crippen LogP contribution >= 0.6 is 0 Å². The number of hydrogen-bond donors (Lipinski definition) is 3. The molecule has 0 radical (unpaired) electrons. The quantitative estimate of drug-likeness (QED) is 0.0321. The van der Waals surface area contributed by atoms with Gasteiger partial charge < -0.3 is 20.3 Å². The van der Waals surface area contributed by atoms with E-state index in [9.17, 15) is 19.8 Å². The molecular weight excluding hydrogens is 779 g/mol. The lowest BCUT2D eigenvalue weighted by Gasteiger charge is -2.24. The minimum atomic E-state index is -0.818. The molecule has 0 aliphatic rings. The fourth-order valence-corrected chi connectivity index (χ4v) is 8.16. The second kappa shape index (κ2) is 50.6. The molecule has 0 saturated carbocycles. The average molecular weight is 882 g/mol. The van der Waals surface area contributed by atoms with Gasteiger partial charge in [0.15, 0.2) is 0 Å². The van der Waals surface area contributed by atoms with Crippen molar-refractivity contribution in [2.45, 2.75) is 283 Å². The molecule has 3 unspecified atom stereocenters. The van der Waals surface area contributed by atoms with Gasteiger partial charge in [-0.1, -0.05) is 287 Å². The van der Waals surface area contributed by atoms with E-state index < -0.39 is 18.2 Å². The number of amides is 1. The van der Waals surface area contributed by atoms with Crippen molar-refractivity contribution in [2.75, 3.05) is 6.61 Å². The minimum absolute atomic E-state index is 0.0168. The van der Waals surface area contributed by atoms with Gasteiger partial charge in [0.1, 0.15) is 6.10 Å². The maximum absolute atomic E-state index is 13.2. The van der Waals surface area contributed by atoms with Crippen molar-refractivity contribution in [1.82, 2.24) is 5.32 Å². The molecular formula is C57H103NO5. The Hall–Kier alpha value is -2.44. The van der Waals surface area contributed by atoms with Gasteiger partial charge >= 0.3 is 5.97 Å². The molecule has 0 fully saturated rings. The second-order valence-electron chi connectivity index (χ2n) is 18.4. The molecule has 366 valence electrons. The molecule has 6 nitrogen and oxygen atoms in total. The summed E-state index contributed by atoms with van der Waals surface area (Å²) in [5.41, 5.74) is 0. The molecule has 0 aromatic carbocycles. The third-order valence-corrected chi connectivity index (χ3v) is 12.2. The van der Waals surface area contributed by atoms with Crippen molar-refractivity contribution >= 4 is 11.9 Å². The van der Waals surface area contributed by atoms with Gasteiger partial charge in [-0.25, -0.2) is 0 Å². The maximum atomic E-state index is 13.2. The summed E-state index contributed by atoms with van der Waals surface area (Å²) in [7, 11) is 0. The van der Waals surface area contributed by atoms with Crippen molar-refractivity contribution < 1.29 is 24.5 Å². The molecule has 0 aliphatic heterocycles. The van der Waals surface area contributed by atoms with Crippen LogP contribution in [0.2, 0.25) is 0 Å². The molecule has 0 aromatic heterocycles. The van der Waals surface area contributed by atoms with Crippen LogP contribution in [0.3, 0.4) is 0 Å². The van der Waals surface area contributed by atoms with Gasteiger partial charge in [-0.05, 0) is 19.3 Å². The lowest BCUT2D eigenvalue weighted by molar-refractivity contribution is -0.150. The van der Waals surface area contributed by atoms with Gasteiger partial charge in [0.05, 0.1) is 25.2 Å². The number of aliphatic hydroxyl groups excluding tert-OH is 2. The Bertz CT molecular complexity index is 1130. The first-order valence-corrected chi connectivity index (χ1v) is 27.1. The van der Waals surface area contributed by atoms with Gasteiger partial charge in [-0.15, -0.1) is 0 Å². The predicted octanol–water partition coefficient (Wildman–Crippen LogP) is 16.4. The first kappa shape index (κ1) is 60.6. The van der Waals surface area contributed by atoms with E-state index in [4.69, 9.17) is 4.74 Å². The largest absolute Gasteiger partial charge is 0.461 e. The van der Waals surface area contributed by atoms with Crippen LogP contribution in [0, 0.1) is 0 Å². The summed E-state index contributed by atoms with van der Waals surface area (Å²) in [6.07, 6.45) is 63.2. The number of hydrogen-bond acceptors (Lipinski definition) is 5. The Labute approximate surface area is 390 Å². The summed E-state index contributed by atoms with van der Waals surface area (Å²) in [6.45, 7) is 6.32. The number of allylic oxidation sites excluding steroid dienone is 9. The van der Waals surface area contributed by atoms with E-state index in [1.165, 1.54) is 173 Å². The highest BCUT2D eigenvalue weighted by molar-refractivity contribution is 5.77. The topological polar surface area (TPSA) is 95.9 Å². The number of nitrogens with one attached hydrogen (secondary N) is 1. The maximum Gasteiger partial charge on any atom is 0.306 e. The van der Waals surface area contributed by atoms with Crippen molar-refractivity contribution in [3.05, 3.63) is 60.8 Å². The van der Waals surface area contributed by atoms with Gasteiger partial charge in [-0.3, -0.25) is 9.59 Å². The van der Waals surface area contributed by atoms with E-state index in [0.717, 1.165) is 44.9 Å². The first-order valence-electron chi connectivity index (χ1n) is 27.1. The Kier molecular flexibility index (Phi) is 48.6. The second-order valence-corrected chi connectivity index (χ2v) is 18.4. The number of aliphatic hydroxyl groups is 2. The van der Waals surface area contributed by atoms with E-state index in [-0.39, 0.29) is 24.9 Å². The van der Waals surface area contributed by atoms with E-state index in [2.05, 4.69) is 32.2 Å². The Morgan fingerprint density at radius 3 is 1.21 bits per heavy atom. The fraction of sp³-hybridized carbons (Fsp3) is 0.789. The van der Waals surface area contributed by atoms with Crippen LogP contribution in [0.15, 0.2) is 60.8 Å². The Morgan fingerprint density at radius 2 is 0.825 bits per heavy atom. The molecule has 0 spiro atoms. The van der Waals surface area contributed by atoms with Crippen molar-refractivity contribution in [2.24, 2.45) is 0 Å². The van der Waals surface area contributed by atoms with Crippen molar-refractivity contribution in [3.8, 4) is 0 Å². The minimum Gasteiger partial charge on any atom is -0.461 e. The van der Waals surface area contributed by atoms with Crippen LogP contribution in [-0.4, -0.2) is 46.9 Å². The monoisotopic (exact) mass is 882 g/mol. The van der Waals surface area contributed by atoms with Crippen molar-refractivity contribution in [1.29, 1.82) is 0 Å². The molecule has 0 rings (SSSR count). The number of esters is 1. The number of ether oxygens (including phenoxy) is 1. The molecule has 3 N–H and O–H groups in total. The smallest absolute Gasteiger partial charge is 0.306 e. The molecule has 63 heavy (non-hydrogen) atoms. The predicted molar refractivity (Wildman–Crippen MR) is 273 cm³/mol. The summed E-state index contributed by atoms with van der Waals surface area (Å²) in [4.78, 5) is 26.1. The molecule has 0 bridgehead atoms. The zero-order chi connectivity index (χ0) is 45.9. The zero-order valence-electron chi connectivity index (χ0n) is 41.7. The van der Waals surface area contributed by atoms with Crippen LogP contribution in [0.1, 0.15) is 265 Å². The number of unbranched alkanes of at least 4 members (excludes halogenated alkanes) is 31. The van der Waals surface area contributed by atoms with Crippen LogP contribution < -0.4 is 5.32 Å². The number of carbonyl (C=O) groups is 2. The van der Waals surface area contributed by atoms with Gasteiger partial charge in [-0.2, -0.15) is 0 Å². The summed E-state index contributed by atoms with van der Waals surface area (Å²) >= 11 is 0. The highest BCUT2D eigenvalue weighted by Gasteiger charge is 2.23. The summed E-state index contributed by atoms with van der Waals surface area (Å²) in [5.74, 6) is -0.599. The lowest BCUT2D eigenvalue weighted by Crippen LogP contribution is -2.46. The molecule has 0 aliphatic carbocycles. The highest BCUT2D eigenvalue weighted by atomic mass is 16.5. The third-order valence-electron chi connectivity index (χ3n) is 12.2. The average Bonchev–Trinajstić information content (AvgIpc) is 3.28. The van der Waals surface area contributed by atoms with Crippen molar-refractivity contribution in [3.63, 3.8) is 0 Å². The molecule has 0 heterocycles. The normalized spacial score (nSPS) is 13.7. The van der Waals surface area contributed by atoms with E-state index in [1.807, 2.05) is 54.7 Å². The summed E-state index contributed by atoms with van der Waals surface area (Å²) < 4.78 is 5.85. The SMILES string of the molecule is CC/C=C/C=C/C=C\C=C/C=C/CC(CC(=O)NC(CO)C(O)CCCCCCCCCCCCCCCCC)OC(=O)CCCCCCCCCCCCCCCCCCCC. The molecule has 0 saturated heterocycles. The van der Waals surface area contributed by atoms with Crippen LogP contribution in [0.4, 0.5) is 0 Å². The van der Waals surface area contributed by atoms with E-state index >= 15 is 0 Å². The molecule has 3 atom stereocenters. The van der Waals surface area contributed by atoms with E-state index in [0.29, 0.717) is 19.3 Å². The molecule has 0 aromatic rings. The first-order chi connectivity index (χ1) is 31.0. The standard InChI is InChI=1S/C57H103NO5/c1-4-7-10-13-16-19-22-24-26-27-28-30-32-35-38-41-44-47-50-57(62)63-53(48-45-42-39-36-33-21-18-15-12-9-6-3)51-56(61)58-54(52-59)55(60)49-46-43-40-37-34-31-29-25-23-20-17-14-11-8-5-2/h9,12,15,18,21,33,36,39,42,45,53-55,59-60H,4-8,10-11,13-14,16-17,19-20,22-32,34-35,37-38,40-41,43-44,46-52H2,1-3H3,(H,58,61)/b12-9+,18-15+,33-21-,39-36-,45-42+. The zero-order valence-corrected chi connectivity index (χ0v) is 41.7. The summed E-state index contributed by atoms with van der Waals surface area (Å²) in [6, 6.07) is -0.739. The van der Waals surface area contributed by atoms with Crippen LogP contribution in [0.5, 0.6) is 0 Å². The highest BCUT2D eigenvalue weighted by Crippen LogP contribution is 2.17. The lowest BCUT2D eigenvalue weighted by atomic mass is 10.0. The van der Waals surface area contributed by atoms with Gasteiger partial charge in [0, 0.05) is 12.8 Å². The number of carbonyl (C=O) groups excluding carboxylic acids is 2. The fourth-order valence-electron chi connectivity index (χ4n) is 8.16. The Balaban J connectivity index is 4.55. The summed E-state index contributed by atoms with van der Waals surface area (Å²) in [5, 5.41) is 23.7. The molecule has 1 amide bonds. The van der Waals surface area contributed by atoms with E-state index in [1.54, 1.807) is 0 Å². The Morgan fingerprint density at radius 1 is 0.476 bits per heavy atom. The van der Waals surface area contributed by atoms with Gasteiger partial charge in [0.25, 0.3) is 0 Å². The van der Waals surface area contributed by atoms with Crippen LogP contribution in [0.25, 0.3) is 0 Å². The third kappa shape index (κ3) is 45.9. The van der Waals surface area contributed by atoms with Crippen LogP contribution in [-0.2, 0) is 14.3 Å². The van der Waals surface area contributed by atoms with Gasteiger partial charge in [0.2, 0.25) is 5.91 Å². The molecule has 6 heteroatoms.